The van der Waals surface area contributed by atoms with Crippen molar-refractivity contribution in [3.05, 3.63) is 48.2 Å². The Kier molecular flexibility index (Phi) is 7.05. The van der Waals surface area contributed by atoms with Crippen LogP contribution in [0, 0.1) is 5.92 Å². The second kappa shape index (κ2) is 10.1. The first kappa shape index (κ1) is 22.3. The molecule has 1 N–H and O–H groups in total. The molecule has 0 aliphatic carbocycles. The van der Waals surface area contributed by atoms with Crippen molar-refractivity contribution in [2.45, 2.75) is 39.5 Å². The number of benzene rings is 1. The molecule has 0 saturated carbocycles. The van der Waals surface area contributed by atoms with Crippen LogP contribution in [0.3, 0.4) is 0 Å². The fourth-order valence-electron chi connectivity index (χ4n) is 4.72. The summed E-state index contributed by atoms with van der Waals surface area (Å²) in [7, 11) is 0. The van der Waals surface area contributed by atoms with Gasteiger partial charge in [0.25, 0.3) is 5.91 Å². The molecule has 0 bridgehead atoms. The molecule has 2 aromatic rings. The van der Waals surface area contributed by atoms with Gasteiger partial charge in [0.15, 0.2) is 5.82 Å². The lowest BCUT2D eigenvalue weighted by atomic mass is 9.92. The van der Waals surface area contributed by atoms with Crippen LogP contribution in [0.4, 0.5) is 22.0 Å². The molecule has 1 saturated heterocycles. The third kappa shape index (κ3) is 4.63. The number of para-hydroxylation sites is 2. The Balaban J connectivity index is 1.47. The number of nitrogens with zero attached hydrogens (tertiary/aromatic N) is 4. The summed E-state index contributed by atoms with van der Waals surface area (Å²) in [6.45, 7) is 9.25. The number of piperidine rings is 1. The molecule has 1 aromatic carbocycles. The highest BCUT2D eigenvalue weighted by Gasteiger charge is 2.34. The number of hydrogen-bond donors (Lipinski definition) is 1. The lowest BCUT2D eigenvalue weighted by Crippen LogP contribution is -2.45. The van der Waals surface area contributed by atoms with Crippen LogP contribution >= 0.6 is 0 Å². The number of likely N-dealkylation sites (tertiary alicyclic amines) is 1. The molecule has 1 fully saturated rings. The number of nitrogens with one attached hydrogen (secondary N) is 1. The fourth-order valence-corrected chi connectivity index (χ4v) is 4.72. The number of pyridine rings is 1. The van der Waals surface area contributed by atoms with Crippen LogP contribution in [0.25, 0.3) is 0 Å². The zero-order chi connectivity index (χ0) is 22.5. The van der Waals surface area contributed by atoms with Crippen molar-refractivity contribution in [2.24, 2.45) is 5.92 Å². The van der Waals surface area contributed by atoms with Crippen LogP contribution in [0.5, 0.6) is 0 Å². The minimum atomic E-state index is -0.247. The number of urea groups is 1. The number of carbonyl (C=O) groups is 2. The predicted molar refractivity (Wildman–Crippen MR) is 127 cm³/mol. The molecule has 7 heteroatoms. The first-order valence-electron chi connectivity index (χ1n) is 11.8. The van der Waals surface area contributed by atoms with Gasteiger partial charge in [-0.25, -0.2) is 14.7 Å². The Morgan fingerprint density at radius 1 is 1.12 bits per heavy atom. The molecule has 0 spiro atoms. The van der Waals surface area contributed by atoms with Gasteiger partial charge in [-0.2, -0.15) is 0 Å². The molecular weight excluding hydrogens is 402 g/mol. The van der Waals surface area contributed by atoms with Gasteiger partial charge < -0.3 is 15.1 Å². The Bertz CT molecular complexity index is 951. The second-order valence-corrected chi connectivity index (χ2v) is 8.56. The highest BCUT2D eigenvalue weighted by atomic mass is 16.2. The lowest BCUT2D eigenvalue weighted by molar-refractivity contribution is 0.102. The van der Waals surface area contributed by atoms with E-state index < -0.39 is 0 Å². The second-order valence-electron chi connectivity index (χ2n) is 8.56. The smallest absolute Gasteiger partial charge is 0.324 e. The van der Waals surface area contributed by atoms with Gasteiger partial charge in [0.05, 0.1) is 16.9 Å². The average Bonchev–Trinajstić information content (AvgIpc) is 2.96. The number of anilines is 3. The molecule has 3 amide bonds. The maximum Gasteiger partial charge on any atom is 0.330 e. The topological polar surface area (TPSA) is 68.8 Å². The van der Waals surface area contributed by atoms with Crippen LogP contribution in [-0.2, 0) is 0 Å². The van der Waals surface area contributed by atoms with Gasteiger partial charge in [-0.15, -0.1) is 0 Å². The Morgan fingerprint density at radius 2 is 1.88 bits per heavy atom. The zero-order valence-electron chi connectivity index (χ0n) is 19.1. The van der Waals surface area contributed by atoms with Crippen molar-refractivity contribution < 1.29 is 9.59 Å². The maximum atomic E-state index is 13.7. The Labute approximate surface area is 190 Å². The molecule has 2 aliphatic rings. The van der Waals surface area contributed by atoms with E-state index in [-0.39, 0.29) is 11.9 Å². The first-order valence-corrected chi connectivity index (χ1v) is 11.8. The monoisotopic (exact) mass is 435 g/mol. The van der Waals surface area contributed by atoms with E-state index in [0.29, 0.717) is 28.7 Å². The summed E-state index contributed by atoms with van der Waals surface area (Å²) in [4.78, 5) is 36.8. The van der Waals surface area contributed by atoms with Gasteiger partial charge in [0.1, 0.15) is 0 Å². The van der Waals surface area contributed by atoms with E-state index >= 15 is 0 Å². The highest BCUT2D eigenvalue weighted by Crippen LogP contribution is 2.37. The van der Waals surface area contributed by atoms with E-state index in [1.165, 1.54) is 12.8 Å². The number of carbonyl (C=O) groups excluding carboxylic acids is 2. The van der Waals surface area contributed by atoms with Crippen molar-refractivity contribution in [1.29, 1.82) is 0 Å². The van der Waals surface area contributed by atoms with Gasteiger partial charge in [0.2, 0.25) is 0 Å². The highest BCUT2D eigenvalue weighted by molar-refractivity contribution is 6.16. The van der Waals surface area contributed by atoms with Crippen molar-refractivity contribution in [3.63, 3.8) is 0 Å². The minimum absolute atomic E-state index is 0.115. The van der Waals surface area contributed by atoms with E-state index in [4.69, 9.17) is 0 Å². The van der Waals surface area contributed by atoms with Gasteiger partial charge in [-0.3, -0.25) is 4.79 Å². The molecule has 1 aromatic heterocycles. The summed E-state index contributed by atoms with van der Waals surface area (Å²) in [5, 5.41) is 2.92. The summed E-state index contributed by atoms with van der Waals surface area (Å²) in [6, 6.07) is 10.7. The van der Waals surface area contributed by atoms with E-state index in [1.54, 1.807) is 23.2 Å². The summed E-state index contributed by atoms with van der Waals surface area (Å²) in [5.74, 6) is 0.809. The Hall–Kier alpha value is -2.93. The molecule has 0 radical (unpaired) electrons. The molecule has 2 aliphatic heterocycles. The van der Waals surface area contributed by atoms with Crippen molar-refractivity contribution >= 4 is 29.1 Å². The third-order valence-electron chi connectivity index (χ3n) is 6.69. The maximum absolute atomic E-state index is 13.7. The SMILES string of the molecule is CCN(CC)CCCC1CCN(C(=O)N2c3ccccc3NC(=O)c3cccnc32)CC1. The van der Waals surface area contributed by atoms with Crippen LogP contribution in [-0.4, -0.2) is 59.4 Å². The van der Waals surface area contributed by atoms with Crippen LogP contribution < -0.4 is 10.2 Å². The molecule has 3 heterocycles. The summed E-state index contributed by atoms with van der Waals surface area (Å²) in [5.41, 5.74) is 1.68. The van der Waals surface area contributed by atoms with Crippen molar-refractivity contribution in [2.75, 3.05) is 42.9 Å². The molecule has 4 rings (SSSR count). The van der Waals surface area contributed by atoms with Gasteiger partial charge in [-0.1, -0.05) is 26.0 Å². The van der Waals surface area contributed by atoms with Crippen molar-refractivity contribution in [3.8, 4) is 0 Å². The summed E-state index contributed by atoms with van der Waals surface area (Å²) >= 11 is 0. The fraction of sp³-hybridized carbons (Fsp3) is 0.480. The summed E-state index contributed by atoms with van der Waals surface area (Å²) in [6.07, 6.45) is 6.10. The average molecular weight is 436 g/mol. The van der Waals surface area contributed by atoms with E-state index in [0.717, 1.165) is 45.6 Å². The first-order chi connectivity index (χ1) is 15.6. The number of rotatable bonds is 6. The van der Waals surface area contributed by atoms with E-state index in [2.05, 4.69) is 29.0 Å². The molecule has 0 atom stereocenters. The van der Waals surface area contributed by atoms with Gasteiger partial charge in [-0.05, 0) is 75.5 Å². The lowest BCUT2D eigenvalue weighted by Gasteiger charge is -2.36. The molecule has 0 unspecified atom stereocenters. The largest absolute Gasteiger partial charge is 0.330 e. The molecular formula is C25H33N5O2. The van der Waals surface area contributed by atoms with Gasteiger partial charge >= 0.3 is 6.03 Å². The van der Waals surface area contributed by atoms with Crippen molar-refractivity contribution in [1.82, 2.24) is 14.8 Å². The van der Waals surface area contributed by atoms with Crippen LogP contribution in [0.2, 0.25) is 0 Å². The minimum Gasteiger partial charge on any atom is -0.324 e. The number of hydrogen-bond acceptors (Lipinski definition) is 4. The standard InChI is InChI=1S/C25H33N5O2/c1-3-28(4-2)16-8-9-19-13-17-29(18-14-19)25(32)30-22-12-6-5-11-21(22)27-24(31)20-10-7-15-26-23(20)30/h5-7,10-12,15,19H,3-4,8-9,13-14,16-18H2,1-2H3,(H,27,31). The van der Waals surface area contributed by atoms with Crippen LogP contribution in [0.1, 0.15) is 49.9 Å². The number of aromatic nitrogens is 1. The number of amides is 3. The van der Waals surface area contributed by atoms with Crippen LogP contribution in [0.15, 0.2) is 42.6 Å². The summed E-state index contributed by atoms with van der Waals surface area (Å²) < 4.78 is 0. The van der Waals surface area contributed by atoms with E-state index in [9.17, 15) is 9.59 Å². The normalized spacial score (nSPS) is 16.4. The third-order valence-corrected chi connectivity index (χ3v) is 6.69. The van der Waals surface area contributed by atoms with E-state index in [1.807, 2.05) is 29.2 Å². The Morgan fingerprint density at radius 3 is 2.62 bits per heavy atom. The molecule has 170 valence electrons. The zero-order valence-corrected chi connectivity index (χ0v) is 19.1. The number of fused-ring (bicyclic) bond motifs is 2. The predicted octanol–water partition coefficient (Wildman–Crippen LogP) is 4.74. The molecule has 7 nitrogen and oxygen atoms in total. The quantitative estimate of drug-likeness (QED) is 0.712. The molecule has 32 heavy (non-hydrogen) atoms. The van der Waals surface area contributed by atoms with Gasteiger partial charge in [0, 0.05) is 19.3 Å².